The summed E-state index contributed by atoms with van der Waals surface area (Å²) in [5.41, 5.74) is 5.06. The maximum absolute atomic E-state index is 13.7. The van der Waals surface area contributed by atoms with Crippen LogP contribution >= 0.6 is 0 Å². The van der Waals surface area contributed by atoms with Crippen LogP contribution in [0.4, 0.5) is 0 Å². The Labute approximate surface area is 226 Å². The largest absolute Gasteiger partial charge is 0.493 e. The molecule has 4 rings (SSSR count). The van der Waals surface area contributed by atoms with E-state index in [2.05, 4.69) is 37.9 Å². The standard InChI is InChI=1S/C33H36N2O3/c1-33(2,3)29-15-13-28(14-16-29)32(36)35(20-18-25-11-8-19-34-22-25)23-27-12-17-30(31(21-27)37-4)38-24-26-9-6-5-7-10-26/h5-17,19,21-22H,18,20,23-24H2,1-4H3. The van der Waals surface area contributed by atoms with Crippen LogP contribution < -0.4 is 9.47 Å². The van der Waals surface area contributed by atoms with E-state index in [1.807, 2.05) is 83.9 Å². The van der Waals surface area contributed by atoms with Crippen LogP contribution in [0, 0.1) is 0 Å². The van der Waals surface area contributed by atoms with Gasteiger partial charge in [-0.05, 0) is 64.4 Å². The van der Waals surface area contributed by atoms with Gasteiger partial charge in [-0.2, -0.15) is 0 Å². The Bertz CT molecular complexity index is 1310. The number of carbonyl (C=O) groups is 1. The molecule has 0 aliphatic rings. The fourth-order valence-corrected chi connectivity index (χ4v) is 4.24. The van der Waals surface area contributed by atoms with Gasteiger partial charge in [0.1, 0.15) is 6.61 Å². The zero-order valence-corrected chi connectivity index (χ0v) is 22.7. The summed E-state index contributed by atoms with van der Waals surface area (Å²) in [5, 5.41) is 0. The van der Waals surface area contributed by atoms with Crippen LogP contribution in [0.2, 0.25) is 0 Å². The molecule has 0 N–H and O–H groups in total. The van der Waals surface area contributed by atoms with Gasteiger partial charge < -0.3 is 14.4 Å². The first kappa shape index (κ1) is 26.9. The van der Waals surface area contributed by atoms with E-state index in [1.54, 1.807) is 13.3 Å². The highest BCUT2D eigenvalue weighted by molar-refractivity contribution is 5.94. The second-order valence-corrected chi connectivity index (χ2v) is 10.4. The summed E-state index contributed by atoms with van der Waals surface area (Å²) in [6, 6.07) is 27.8. The highest BCUT2D eigenvalue weighted by Gasteiger charge is 2.19. The molecule has 0 aliphatic carbocycles. The van der Waals surface area contributed by atoms with Crippen molar-refractivity contribution in [1.82, 2.24) is 9.88 Å². The number of methoxy groups -OCH3 is 1. The lowest BCUT2D eigenvalue weighted by Gasteiger charge is -2.24. The predicted molar refractivity (Wildman–Crippen MR) is 152 cm³/mol. The number of hydrogen-bond donors (Lipinski definition) is 0. The molecule has 196 valence electrons. The molecule has 38 heavy (non-hydrogen) atoms. The number of hydrogen-bond acceptors (Lipinski definition) is 4. The lowest BCUT2D eigenvalue weighted by atomic mass is 9.86. The van der Waals surface area contributed by atoms with Crippen LogP contribution in [0.3, 0.4) is 0 Å². The molecule has 3 aromatic carbocycles. The molecular weight excluding hydrogens is 472 g/mol. The minimum Gasteiger partial charge on any atom is -0.493 e. The number of ether oxygens (including phenoxy) is 2. The molecule has 4 aromatic rings. The van der Waals surface area contributed by atoms with Gasteiger partial charge in [-0.3, -0.25) is 9.78 Å². The van der Waals surface area contributed by atoms with E-state index in [9.17, 15) is 4.79 Å². The molecule has 1 amide bonds. The van der Waals surface area contributed by atoms with Gasteiger partial charge in [-0.1, -0.05) is 75.4 Å². The molecule has 0 saturated carbocycles. The fourth-order valence-electron chi connectivity index (χ4n) is 4.24. The third kappa shape index (κ3) is 7.22. The summed E-state index contributed by atoms with van der Waals surface area (Å²) in [7, 11) is 1.64. The average Bonchev–Trinajstić information content (AvgIpc) is 2.94. The number of benzene rings is 3. The predicted octanol–water partition coefficient (Wildman–Crippen LogP) is 6.85. The van der Waals surface area contributed by atoms with Crippen LogP contribution in [0.5, 0.6) is 11.5 Å². The molecule has 0 saturated heterocycles. The topological polar surface area (TPSA) is 51.7 Å². The third-order valence-electron chi connectivity index (χ3n) is 6.52. The lowest BCUT2D eigenvalue weighted by molar-refractivity contribution is 0.0745. The van der Waals surface area contributed by atoms with Gasteiger partial charge in [0.25, 0.3) is 5.91 Å². The number of amides is 1. The maximum atomic E-state index is 13.7. The van der Waals surface area contributed by atoms with Crippen LogP contribution in [0.1, 0.15) is 53.4 Å². The Morgan fingerprint density at radius 1 is 0.842 bits per heavy atom. The second-order valence-electron chi connectivity index (χ2n) is 10.4. The first-order valence-electron chi connectivity index (χ1n) is 13.0. The molecule has 5 nitrogen and oxygen atoms in total. The number of carbonyl (C=O) groups excluding carboxylic acids is 1. The summed E-state index contributed by atoms with van der Waals surface area (Å²) in [4.78, 5) is 19.8. The second kappa shape index (κ2) is 12.4. The van der Waals surface area contributed by atoms with Crippen molar-refractivity contribution in [3.63, 3.8) is 0 Å². The van der Waals surface area contributed by atoms with E-state index in [4.69, 9.17) is 9.47 Å². The maximum Gasteiger partial charge on any atom is 0.254 e. The van der Waals surface area contributed by atoms with E-state index >= 15 is 0 Å². The van der Waals surface area contributed by atoms with Gasteiger partial charge >= 0.3 is 0 Å². The van der Waals surface area contributed by atoms with Crippen molar-refractivity contribution in [2.75, 3.05) is 13.7 Å². The zero-order valence-electron chi connectivity index (χ0n) is 22.7. The van der Waals surface area contributed by atoms with Crippen LogP contribution in [-0.4, -0.2) is 29.4 Å². The molecule has 0 fully saturated rings. The highest BCUT2D eigenvalue weighted by Crippen LogP contribution is 2.30. The molecule has 0 radical (unpaired) electrons. The van der Waals surface area contributed by atoms with Gasteiger partial charge in [-0.25, -0.2) is 0 Å². The normalized spacial score (nSPS) is 11.2. The molecule has 0 spiro atoms. The van der Waals surface area contributed by atoms with Crippen LogP contribution in [0.15, 0.2) is 97.3 Å². The van der Waals surface area contributed by atoms with E-state index < -0.39 is 0 Å². The number of aromatic nitrogens is 1. The van der Waals surface area contributed by atoms with E-state index in [0.717, 1.165) is 23.1 Å². The molecule has 1 aromatic heterocycles. The van der Waals surface area contributed by atoms with E-state index in [0.29, 0.717) is 36.8 Å². The summed E-state index contributed by atoms with van der Waals surface area (Å²) < 4.78 is 11.7. The Hall–Kier alpha value is -4.12. The van der Waals surface area contributed by atoms with Crippen LogP contribution in [-0.2, 0) is 25.0 Å². The van der Waals surface area contributed by atoms with Crippen molar-refractivity contribution in [1.29, 1.82) is 0 Å². The van der Waals surface area contributed by atoms with Crippen molar-refractivity contribution in [3.8, 4) is 11.5 Å². The summed E-state index contributed by atoms with van der Waals surface area (Å²) >= 11 is 0. The first-order chi connectivity index (χ1) is 18.3. The molecule has 0 atom stereocenters. The number of rotatable bonds is 10. The highest BCUT2D eigenvalue weighted by atomic mass is 16.5. The Morgan fingerprint density at radius 3 is 2.24 bits per heavy atom. The lowest BCUT2D eigenvalue weighted by Crippen LogP contribution is -2.32. The van der Waals surface area contributed by atoms with Crippen LogP contribution in [0.25, 0.3) is 0 Å². The molecular formula is C33H36N2O3. The summed E-state index contributed by atoms with van der Waals surface area (Å²) in [6.07, 6.45) is 4.33. The van der Waals surface area contributed by atoms with E-state index in [-0.39, 0.29) is 11.3 Å². The monoisotopic (exact) mass is 508 g/mol. The first-order valence-corrected chi connectivity index (χ1v) is 13.0. The third-order valence-corrected chi connectivity index (χ3v) is 6.52. The number of pyridine rings is 1. The van der Waals surface area contributed by atoms with Crippen molar-refractivity contribution >= 4 is 5.91 Å². The van der Waals surface area contributed by atoms with Crippen molar-refractivity contribution in [2.24, 2.45) is 0 Å². The molecule has 5 heteroatoms. The van der Waals surface area contributed by atoms with Crippen molar-refractivity contribution in [3.05, 3.63) is 125 Å². The summed E-state index contributed by atoms with van der Waals surface area (Å²) in [5.74, 6) is 1.32. The minimum atomic E-state index is -0.00211. The van der Waals surface area contributed by atoms with Crippen molar-refractivity contribution in [2.45, 2.75) is 45.8 Å². The zero-order chi connectivity index (χ0) is 27.0. The SMILES string of the molecule is COc1cc(CN(CCc2cccnc2)C(=O)c2ccc(C(C)(C)C)cc2)ccc1OCc1ccccc1. The van der Waals surface area contributed by atoms with Gasteiger partial charge in [0, 0.05) is 31.0 Å². The molecule has 0 unspecified atom stereocenters. The molecule has 0 aliphatic heterocycles. The average molecular weight is 509 g/mol. The molecule has 0 bridgehead atoms. The van der Waals surface area contributed by atoms with Crippen molar-refractivity contribution < 1.29 is 14.3 Å². The van der Waals surface area contributed by atoms with Gasteiger partial charge in [0.2, 0.25) is 0 Å². The Kier molecular flexibility index (Phi) is 8.80. The smallest absolute Gasteiger partial charge is 0.254 e. The summed E-state index contributed by atoms with van der Waals surface area (Å²) in [6.45, 7) is 7.99. The fraction of sp³-hybridized carbons (Fsp3) is 0.273. The Morgan fingerprint density at radius 2 is 1.58 bits per heavy atom. The minimum absolute atomic E-state index is 0.00211. The van der Waals surface area contributed by atoms with Gasteiger partial charge in [0.05, 0.1) is 7.11 Å². The quantitative estimate of drug-likeness (QED) is 0.235. The molecule has 1 heterocycles. The van der Waals surface area contributed by atoms with Gasteiger partial charge in [-0.15, -0.1) is 0 Å². The number of nitrogens with zero attached hydrogens (tertiary/aromatic N) is 2. The Balaban J connectivity index is 1.53. The van der Waals surface area contributed by atoms with E-state index in [1.165, 1.54) is 5.56 Å². The van der Waals surface area contributed by atoms with Gasteiger partial charge in [0.15, 0.2) is 11.5 Å².